The van der Waals surface area contributed by atoms with Gasteiger partial charge in [-0.25, -0.2) is 4.68 Å². The van der Waals surface area contributed by atoms with Crippen molar-refractivity contribution in [3.8, 4) is 0 Å². The van der Waals surface area contributed by atoms with E-state index in [4.69, 9.17) is 4.74 Å². The molecule has 0 aliphatic heterocycles. The second-order valence-corrected chi connectivity index (χ2v) is 3.03. The highest BCUT2D eigenvalue weighted by Gasteiger charge is 2.14. The number of fused-ring (bicyclic) bond motifs is 1. The highest BCUT2D eigenvalue weighted by molar-refractivity contribution is 5.87. The number of hydrogen-bond acceptors (Lipinski definition) is 4. The predicted molar refractivity (Wildman–Crippen MR) is 53.4 cm³/mol. The molecule has 0 atom stereocenters. The molecule has 0 radical (unpaired) electrons. The zero-order chi connectivity index (χ0) is 10.8. The SMILES string of the molecule is COCn1ncc2c([N+](=O)[O-])cccc21. The van der Waals surface area contributed by atoms with Crippen LogP contribution in [0.25, 0.3) is 10.9 Å². The summed E-state index contributed by atoms with van der Waals surface area (Å²) in [7, 11) is 1.55. The largest absolute Gasteiger partial charge is 0.362 e. The topological polar surface area (TPSA) is 70.2 Å². The maximum atomic E-state index is 10.7. The van der Waals surface area contributed by atoms with E-state index < -0.39 is 4.92 Å². The summed E-state index contributed by atoms with van der Waals surface area (Å²) in [5.41, 5.74) is 0.765. The molecule has 0 aliphatic rings. The number of rotatable bonds is 3. The van der Waals surface area contributed by atoms with Crippen molar-refractivity contribution in [2.75, 3.05) is 7.11 Å². The van der Waals surface area contributed by atoms with Gasteiger partial charge in [-0.2, -0.15) is 5.10 Å². The third-order valence-electron chi connectivity index (χ3n) is 2.11. The van der Waals surface area contributed by atoms with Crippen LogP contribution in [0.1, 0.15) is 0 Å². The standard InChI is InChI=1S/C9H9N3O3/c1-15-6-11-8-3-2-4-9(12(13)14)7(8)5-10-11/h2-5H,6H2,1H3. The number of nitrogens with zero attached hydrogens (tertiary/aromatic N) is 3. The van der Waals surface area contributed by atoms with Gasteiger partial charge in [-0.3, -0.25) is 10.1 Å². The summed E-state index contributed by atoms with van der Waals surface area (Å²) >= 11 is 0. The Morgan fingerprint density at radius 3 is 3.07 bits per heavy atom. The van der Waals surface area contributed by atoms with Crippen LogP contribution in [-0.2, 0) is 11.5 Å². The molecule has 0 bridgehead atoms. The normalized spacial score (nSPS) is 10.7. The van der Waals surface area contributed by atoms with E-state index in [0.717, 1.165) is 0 Å². The van der Waals surface area contributed by atoms with Crippen molar-refractivity contribution in [2.45, 2.75) is 6.73 Å². The molecular formula is C9H9N3O3. The molecule has 0 saturated carbocycles. The van der Waals surface area contributed by atoms with E-state index in [2.05, 4.69) is 5.10 Å². The molecule has 0 aliphatic carbocycles. The number of methoxy groups -OCH3 is 1. The summed E-state index contributed by atoms with van der Waals surface area (Å²) in [6.45, 7) is 0.282. The highest BCUT2D eigenvalue weighted by Crippen LogP contribution is 2.24. The van der Waals surface area contributed by atoms with Gasteiger partial charge in [0.15, 0.2) is 0 Å². The first kappa shape index (κ1) is 9.60. The lowest BCUT2D eigenvalue weighted by molar-refractivity contribution is -0.383. The monoisotopic (exact) mass is 207 g/mol. The van der Waals surface area contributed by atoms with E-state index in [1.807, 2.05) is 0 Å². The Kier molecular flexibility index (Phi) is 2.34. The predicted octanol–water partition coefficient (Wildman–Crippen LogP) is 1.55. The molecule has 2 aromatic rings. The van der Waals surface area contributed by atoms with Crippen LogP contribution >= 0.6 is 0 Å². The number of nitro groups is 1. The lowest BCUT2D eigenvalue weighted by Gasteiger charge is -2.00. The molecule has 6 nitrogen and oxygen atoms in total. The van der Waals surface area contributed by atoms with Crippen molar-refractivity contribution in [1.82, 2.24) is 9.78 Å². The molecule has 1 heterocycles. The molecule has 0 unspecified atom stereocenters. The van der Waals surface area contributed by atoms with Gasteiger partial charge in [0, 0.05) is 13.2 Å². The Bertz CT molecular complexity index is 506. The number of nitro benzene ring substituents is 1. The molecule has 0 spiro atoms. The number of aromatic nitrogens is 2. The van der Waals surface area contributed by atoms with Crippen LogP contribution in [0.4, 0.5) is 5.69 Å². The minimum Gasteiger partial charge on any atom is -0.362 e. The Labute approximate surface area is 85.2 Å². The van der Waals surface area contributed by atoms with Gasteiger partial charge < -0.3 is 4.74 Å². The van der Waals surface area contributed by atoms with Crippen LogP contribution < -0.4 is 0 Å². The quantitative estimate of drug-likeness (QED) is 0.565. The van der Waals surface area contributed by atoms with Gasteiger partial charge in [0.1, 0.15) is 6.73 Å². The summed E-state index contributed by atoms with van der Waals surface area (Å²) in [6, 6.07) is 4.86. The van der Waals surface area contributed by atoms with E-state index in [9.17, 15) is 10.1 Å². The number of non-ortho nitro benzene ring substituents is 1. The molecule has 0 amide bonds. The molecule has 1 aromatic heterocycles. The lowest BCUT2D eigenvalue weighted by atomic mass is 10.2. The van der Waals surface area contributed by atoms with Crippen LogP contribution in [0.15, 0.2) is 24.4 Å². The fourth-order valence-electron chi connectivity index (χ4n) is 1.47. The molecule has 2 rings (SSSR count). The van der Waals surface area contributed by atoms with Crippen molar-refractivity contribution in [1.29, 1.82) is 0 Å². The van der Waals surface area contributed by atoms with Crippen molar-refractivity contribution in [2.24, 2.45) is 0 Å². The van der Waals surface area contributed by atoms with E-state index >= 15 is 0 Å². The van der Waals surface area contributed by atoms with Crippen LogP contribution in [0, 0.1) is 10.1 Å². The number of hydrogen-bond donors (Lipinski definition) is 0. The Morgan fingerprint density at radius 1 is 1.60 bits per heavy atom. The van der Waals surface area contributed by atoms with Crippen molar-refractivity contribution >= 4 is 16.6 Å². The van der Waals surface area contributed by atoms with Gasteiger partial charge in [-0.05, 0) is 6.07 Å². The van der Waals surface area contributed by atoms with Gasteiger partial charge >= 0.3 is 0 Å². The van der Waals surface area contributed by atoms with Crippen molar-refractivity contribution in [3.05, 3.63) is 34.5 Å². The van der Waals surface area contributed by atoms with Crippen LogP contribution in [-0.4, -0.2) is 21.8 Å². The summed E-state index contributed by atoms with van der Waals surface area (Å²) in [5, 5.41) is 15.3. The average Bonchev–Trinajstić information content (AvgIpc) is 2.62. The third kappa shape index (κ3) is 1.55. The van der Waals surface area contributed by atoms with E-state index in [-0.39, 0.29) is 12.4 Å². The number of benzene rings is 1. The van der Waals surface area contributed by atoms with Gasteiger partial charge in [0.2, 0.25) is 0 Å². The third-order valence-corrected chi connectivity index (χ3v) is 2.11. The van der Waals surface area contributed by atoms with Gasteiger partial charge in [-0.1, -0.05) is 6.07 Å². The second-order valence-electron chi connectivity index (χ2n) is 3.03. The van der Waals surface area contributed by atoms with Crippen LogP contribution in [0.2, 0.25) is 0 Å². The summed E-state index contributed by atoms with van der Waals surface area (Å²) in [5.74, 6) is 0. The lowest BCUT2D eigenvalue weighted by Crippen LogP contribution is -2.00. The van der Waals surface area contributed by atoms with E-state index in [0.29, 0.717) is 10.9 Å². The van der Waals surface area contributed by atoms with Gasteiger partial charge in [0.25, 0.3) is 5.69 Å². The van der Waals surface area contributed by atoms with Crippen LogP contribution in [0.5, 0.6) is 0 Å². The molecule has 15 heavy (non-hydrogen) atoms. The maximum absolute atomic E-state index is 10.7. The average molecular weight is 207 g/mol. The highest BCUT2D eigenvalue weighted by atomic mass is 16.6. The zero-order valence-corrected chi connectivity index (χ0v) is 8.08. The second kappa shape index (κ2) is 3.66. The van der Waals surface area contributed by atoms with Crippen LogP contribution in [0.3, 0.4) is 0 Å². The first-order chi connectivity index (χ1) is 7.24. The molecule has 6 heteroatoms. The smallest absolute Gasteiger partial charge is 0.280 e. The molecule has 0 fully saturated rings. The molecule has 0 saturated heterocycles. The minimum absolute atomic E-state index is 0.0647. The fraction of sp³-hybridized carbons (Fsp3) is 0.222. The summed E-state index contributed by atoms with van der Waals surface area (Å²) in [6.07, 6.45) is 1.48. The van der Waals surface area contributed by atoms with Gasteiger partial charge in [-0.15, -0.1) is 0 Å². The summed E-state index contributed by atoms with van der Waals surface area (Å²) in [4.78, 5) is 10.3. The summed E-state index contributed by atoms with van der Waals surface area (Å²) < 4.78 is 6.50. The fourth-order valence-corrected chi connectivity index (χ4v) is 1.47. The molecular weight excluding hydrogens is 198 g/mol. The molecule has 1 aromatic carbocycles. The first-order valence-corrected chi connectivity index (χ1v) is 4.32. The van der Waals surface area contributed by atoms with E-state index in [1.165, 1.54) is 12.3 Å². The first-order valence-electron chi connectivity index (χ1n) is 4.32. The van der Waals surface area contributed by atoms with E-state index in [1.54, 1.807) is 23.9 Å². The Morgan fingerprint density at radius 2 is 2.40 bits per heavy atom. The molecule has 0 N–H and O–H groups in total. The molecule has 78 valence electrons. The number of ether oxygens (including phenoxy) is 1. The minimum atomic E-state index is -0.416. The Hall–Kier alpha value is -1.95. The maximum Gasteiger partial charge on any atom is 0.280 e. The zero-order valence-electron chi connectivity index (χ0n) is 8.08. The van der Waals surface area contributed by atoms with Crippen molar-refractivity contribution < 1.29 is 9.66 Å². The Balaban J connectivity index is 2.63. The van der Waals surface area contributed by atoms with Crippen molar-refractivity contribution in [3.63, 3.8) is 0 Å². The van der Waals surface area contributed by atoms with Gasteiger partial charge in [0.05, 0.1) is 22.0 Å².